The summed E-state index contributed by atoms with van der Waals surface area (Å²) >= 11 is 0. The number of carbonyl (C=O) groups is 2. The van der Waals surface area contributed by atoms with Crippen molar-refractivity contribution in [1.82, 2.24) is 15.5 Å². The maximum Gasteiger partial charge on any atom is 0.309 e. The van der Waals surface area contributed by atoms with Crippen LogP contribution in [0.4, 0.5) is 10.1 Å². The molecule has 1 aliphatic heterocycles. The van der Waals surface area contributed by atoms with E-state index in [0.717, 1.165) is 31.9 Å². The first-order chi connectivity index (χ1) is 16.1. The minimum Gasteiger partial charge on any atom is -0.468 e. The van der Waals surface area contributed by atoms with Gasteiger partial charge in [-0.15, -0.1) is 0 Å². The number of carbonyl (C=O) groups excluding carboxylic acids is 2. The number of rotatable bonds is 7. The average Bonchev–Trinajstić information content (AvgIpc) is 3.39. The zero-order valence-electron chi connectivity index (χ0n) is 18.2. The average molecular weight is 451 g/mol. The van der Waals surface area contributed by atoms with Crippen LogP contribution in [-0.2, 0) is 16.1 Å². The molecule has 172 valence electrons. The fourth-order valence-corrected chi connectivity index (χ4v) is 3.96. The van der Waals surface area contributed by atoms with Crippen LogP contribution in [0.1, 0.15) is 17.4 Å². The van der Waals surface area contributed by atoms with Gasteiger partial charge in [-0.05, 0) is 42.0 Å². The molecule has 0 aliphatic carbocycles. The van der Waals surface area contributed by atoms with E-state index in [1.807, 2.05) is 30.3 Å². The Morgan fingerprint density at radius 3 is 2.24 bits per heavy atom. The molecule has 2 heterocycles. The molecular formula is C25H27FN4O3. The second-order valence-corrected chi connectivity index (χ2v) is 7.91. The van der Waals surface area contributed by atoms with Gasteiger partial charge in [-0.1, -0.05) is 30.3 Å². The number of para-hydroxylation sites is 1. The third-order valence-corrected chi connectivity index (χ3v) is 5.78. The second kappa shape index (κ2) is 10.8. The fraction of sp³-hybridized carbons (Fsp3) is 0.280. The van der Waals surface area contributed by atoms with Crippen molar-refractivity contribution in [2.24, 2.45) is 0 Å². The van der Waals surface area contributed by atoms with Crippen LogP contribution in [0.15, 0.2) is 77.4 Å². The van der Waals surface area contributed by atoms with Gasteiger partial charge in [0.2, 0.25) is 0 Å². The van der Waals surface area contributed by atoms with Gasteiger partial charge in [0.05, 0.1) is 12.3 Å². The van der Waals surface area contributed by atoms with Crippen LogP contribution in [0, 0.1) is 5.82 Å². The lowest BCUT2D eigenvalue weighted by atomic mass is 10.1. The van der Waals surface area contributed by atoms with E-state index in [4.69, 9.17) is 4.42 Å². The molecule has 2 aromatic carbocycles. The van der Waals surface area contributed by atoms with E-state index in [0.29, 0.717) is 5.56 Å². The highest BCUT2D eigenvalue weighted by atomic mass is 19.1. The molecule has 1 saturated heterocycles. The third kappa shape index (κ3) is 5.98. The van der Waals surface area contributed by atoms with E-state index in [1.165, 1.54) is 17.8 Å². The van der Waals surface area contributed by atoms with E-state index in [-0.39, 0.29) is 24.9 Å². The van der Waals surface area contributed by atoms with Crippen molar-refractivity contribution in [2.75, 3.05) is 37.6 Å². The highest BCUT2D eigenvalue weighted by Crippen LogP contribution is 2.24. The molecule has 7 nitrogen and oxygen atoms in total. The van der Waals surface area contributed by atoms with Crippen molar-refractivity contribution in [1.29, 1.82) is 0 Å². The Hall–Kier alpha value is -3.65. The molecule has 1 aromatic heterocycles. The van der Waals surface area contributed by atoms with Crippen molar-refractivity contribution >= 4 is 17.5 Å². The van der Waals surface area contributed by atoms with E-state index in [9.17, 15) is 14.0 Å². The highest BCUT2D eigenvalue weighted by molar-refractivity contribution is 6.35. The predicted octanol–water partition coefficient (Wildman–Crippen LogP) is 2.71. The number of nitrogens with zero attached hydrogens (tertiary/aromatic N) is 2. The third-order valence-electron chi connectivity index (χ3n) is 5.78. The van der Waals surface area contributed by atoms with Crippen LogP contribution in [0.25, 0.3) is 0 Å². The summed E-state index contributed by atoms with van der Waals surface area (Å²) in [5, 5.41) is 5.29. The molecule has 8 heteroatoms. The van der Waals surface area contributed by atoms with Gasteiger partial charge in [0.25, 0.3) is 0 Å². The Kier molecular flexibility index (Phi) is 7.36. The van der Waals surface area contributed by atoms with Crippen molar-refractivity contribution in [2.45, 2.75) is 12.6 Å². The summed E-state index contributed by atoms with van der Waals surface area (Å²) in [4.78, 5) is 29.2. The molecule has 1 fully saturated rings. The van der Waals surface area contributed by atoms with E-state index in [2.05, 4.69) is 32.6 Å². The topological polar surface area (TPSA) is 77.8 Å². The van der Waals surface area contributed by atoms with Crippen molar-refractivity contribution in [3.8, 4) is 0 Å². The Morgan fingerprint density at radius 1 is 0.879 bits per heavy atom. The molecular weight excluding hydrogens is 423 g/mol. The lowest BCUT2D eigenvalue weighted by molar-refractivity contribution is -0.139. The van der Waals surface area contributed by atoms with E-state index >= 15 is 0 Å². The highest BCUT2D eigenvalue weighted by Gasteiger charge is 2.28. The molecule has 2 N–H and O–H groups in total. The molecule has 0 bridgehead atoms. The first-order valence-electron chi connectivity index (χ1n) is 11.0. The first kappa shape index (κ1) is 22.5. The van der Waals surface area contributed by atoms with Crippen LogP contribution >= 0.6 is 0 Å². The molecule has 33 heavy (non-hydrogen) atoms. The van der Waals surface area contributed by atoms with Crippen molar-refractivity contribution in [3.63, 3.8) is 0 Å². The standard InChI is InChI=1S/C25H27FN4O3/c26-20-10-8-19(9-11-20)17-27-24(31)25(32)28-18-22(23-7-4-16-33-23)30-14-12-29(13-15-30)21-5-2-1-3-6-21/h1-11,16,22H,12-15,17-18H2,(H,27,31)(H,28,32)/t22-/m0/s1. The summed E-state index contributed by atoms with van der Waals surface area (Å²) in [6, 6.07) is 19.6. The van der Waals surface area contributed by atoms with Gasteiger partial charge in [0.1, 0.15) is 11.6 Å². The normalized spacial score (nSPS) is 15.1. The molecule has 2 amide bonds. The Labute approximate surface area is 192 Å². The molecule has 4 rings (SSSR count). The lowest BCUT2D eigenvalue weighted by Gasteiger charge is -2.39. The Balaban J connectivity index is 1.31. The van der Waals surface area contributed by atoms with Gasteiger partial charge in [-0.3, -0.25) is 14.5 Å². The van der Waals surface area contributed by atoms with Crippen LogP contribution in [0.3, 0.4) is 0 Å². The number of halogens is 1. The molecule has 0 spiro atoms. The minimum atomic E-state index is -0.730. The van der Waals surface area contributed by atoms with Crippen LogP contribution < -0.4 is 15.5 Å². The zero-order chi connectivity index (χ0) is 23.0. The minimum absolute atomic E-state index is 0.148. The maximum atomic E-state index is 13.0. The maximum absolute atomic E-state index is 13.0. The van der Waals surface area contributed by atoms with E-state index in [1.54, 1.807) is 18.4 Å². The molecule has 0 saturated carbocycles. The molecule has 1 atom stereocenters. The largest absolute Gasteiger partial charge is 0.468 e. The molecule has 0 radical (unpaired) electrons. The van der Waals surface area contributed by atoms with Crippen LogP contribution in [-0.4, -0.2) is 49.4 Å². The van der Waals surface area contributed by atoms with Gasteiger partial charge < -0.3 is 20.0 Å². The summed E-state index contributed by atoms with van der Waals surface area (Å²) in [6.07, 6.45) is 1.61. The number of benzene rings is 2. The van der Waals surface area contributed by atoms with Gasteiger partial charge in [0.15, 0.2) is 0 Å². The van der Waals surface area contributed by atoms with Crippen molar-refractivity contribution in [3.05, 3.63) is 90.1 Å². The van der Waals surface area contributed by atoms with Crippen LogP contribution in [0.5, 0.6) is 0 Å². The number of hydrogen-bond donors (Lipinski definition) is 2. The van der Waals surface area contributed by atoms with Gasteiger partial charge in [-0.2, -0.15) is 0 Å². The quantitative estimate of drug-likeness (QED) is 0.542. The monoisotopic (exact) mass is 450 g/mol. The lowest BCUT2D eigenvalue weighted by Crippen LogP contribution is -2.50. The number of hydrogen-bond acceptors (Lipinski definition) is 5. The summed E-state index contributed by atoms with van der Waals surface area (Å²) in [5.74, 6) is -1.05. The summed E-state index contributed by atoms with van der Waals surface area (Å²) in [6.45, 7) is 3.71. The van der Waals surface area contributed by atoms with Crippen molar-refractivity contribution < 1.29 is 18.4 Å². The number of furan rings is 1. The second-order valence-electron chi connectivity index (χ2n) is 7.91. The molecule has 1 aliphatic rings. The number of anilines is 1. The fourth-order valence-electron chi connectivity index (χ4n) is 3.96. The van der Waals surface area contributed by atoms with Gasteiger partial charge >= 0.3 is 11.8 Å². The summed E-state index contributed by atoms with van der Waals surface area (Å²) < 4.78 is 18.6. The zero-order valence-corrected chi connectivity index (χ0v) is 18.2. The van der Waals surface area contributed by atoms with Gasteiger partial charge in [-0.25, -0.2) is 4.39 Å². The van der Waals surface area contributed by atoms with Gasteiger partial charge in [0, 0.05) is 45.0 Å². The predicted molar refractivity (Wildman–Crippen MR) is 123 cm³/mol. The summed E-state index contributed by atoms with van der Waals surface area (Å²) in [7, 11) is 0. The number of amides is 2. The molecule has 3 aromatic rings. The summed E-state index contributed by atoms with van der Waals surface area (Å²) in [5.41, 5.74) is 1.90. The number of nitrogens with one attached hydrogen (secondary N) is 2. The van der Waals surface area contributed by atoms with E-state index < -0.39 is 11.8 Å². The van der Waals surface area contributed by atoms with Crippen LogP contribution in [0.2, 0.25) is 0 Å². The molecule has 0 unspecified atom stereocenters. The SMILES string of the molecule is O=C(NCc1ccc(F)cc1)C(=O)NC[C@@H](c1ccco1)N1CCN(c2ccccc2)CC1. The smallest absolute Gasteiger partial charge is 0.309 e. The number of piperazine rings is 1. The Morgan fingerprint density at radius 2 is 1.58 bits per heavy atom. The first-order valence-corrected chi connectivity index (χ1v) is 11.0. The Bertz CT molecular complexity index is 1030.